The summed E-state index contributed by atoms with van der Waals surface area (Å²) in [5, 5.41) is 18.5. The Hall–Kier alpha value is -4.82. The molecule has 0 bridgehead atoms. The number of rotatable bonds is 7. The number of hydrogen-bond donors (Lipinski definition) is 3. The number of aromatic nitrogens is 2. The predicted octanol–water partition coefficient (Wildman–Crippen LogP) is 4.22. The number of benzene rings is 2. The number of carbonyl (C=O) groups is 3. The fourth-order valence-corrected chi connectivity index (χ4v) is 5.17. The van der Waals surface area contributed by atoms with Crippen molar-refractivity contribution in [3.63, 3.8) is 0 Å². The highest BCUT2D eigenvalue weighted by Crippen LogP contribution is 2.34. The first kappa shape index (κ1) is 24.9. The molecule has 2 aromatic heterocycles. The zero-order valence-corrected chi connectivity index (χ0v) is 21.4. The molecule has 4 aromatic rings. The van der Waals surface area contributed by atoms with Gasteiger partial charge in [-0.25, -0.2) is 14.8 Å². The number of carbonyl (C=O) groups excluding carboxylic acids is 3. The maximum atomic E-state index is 12.7. The van der Waals surface area contributed by atoms with Crippen molar-refractivity contribution in [1.82, 2.24) is 20.2 Å². The lowest BCUT2D eigenvalue weighted by atomic mass is 10.0. The monoisotopic (exact) mass is 525 g/mol. The van der Waals surface area contributed by atoms with Gasteiger partial charge in [0.15, 0.2) is 0 Å². The number of nitrogens with one attached hydrogen (secondary N) is 3. The molecule has 4 amide bonds. The van der Waals surface area contributed by atoms with Crippen LogP contribution in [-0.2, 0) is 4.79 Å². The van der Waals surface area contributed by atoms with Crippen molar-refractivity contribution in [2.45, 2.75) is 19.4 Å². The van der Waals surface area contributed by atoms with Crippen molar-refractivity contribution in [2.24, 2.45) is 0 Å². The number of hydrogen-bond acceptors (Lipinski definition) is 8. The van der Waals surface area contributed by atoms with E-state index in [1.807, 2.05) is 36.4 Å². The molecule has 0 radical (unpaired) electrons. The van der Waals surface area contributed by atoms with Gasteiger partial charge in [0.05, 0.1) is 27.8 Å². The van der Waals surface area contributed by atoms with Gasteiger partial charge in [0.1, 0.15) is 5.54 Å². The van der Waals surface area contributed by atoms with E-state index in [0.29, 0.717) is 35.9 Å². The van der Waals surface area contributed by atoms with Crippen molar-refractivity contribution in [2.75, 3.05) is 23.7 Å². The molecule has 10 nitrogen and oxygen atoms in total. The standard InChI is InChI=1S/C27H23N7O3S/c1-27(2)24(36)33-26(37)34(27)12-11-30-25-29-10-9-20(32-25)22-14-17-13-18(7-8-21(17)38-22)31-23(35)19-6-4-3-5-16(19)15-28/h3-10,13-14H,11-12H2,1-2H3,(H,31,35)(H,29,30,32)(H,33,36,37). The largest absolute Gasteiger partial charge is 0.352 e. The minimum Gasteiger partial charge on any atom is -0.352 e. The summed E-state index contributed by atoms with van der Waals surface area (Å²) in [5.41, 5.74) is 1.08. The molecule has 1 fully saturated rings. The third-order valence-electron chi connectivity index (χ3n) is 6.29. The quantitative estimate of drug-likeness (QED) is 0.307. The maximum absolute atomic E-state index is 12.7. The molecule has 11 heteroatoms. The van der Waals surface area contributed by atoms with E-state index in [2.05, 4.69) is 25.9 Å². The number of thiophene rings is 1. The first-order valence-electron chi connectivity index (χ1n) is 11.8. The third-order valence-corrected chi connectivity index (χ3v) is 7.43. The van der Waals surface area contributed by atoms with Crippen LogP contribution in [0, 0.1) is 11.3 Å². The molecule has 3 N–H and O–H groups in total. The van der Waals surface area contributed by atoms with Crippen LogP contribution < -0.4 is 16.0 Å². The fraction of sp³-hybridized carbons (Fsp3) is 0.185. The zero-order chi connectivity index (χ0) is 26.9. The van der Waals surface area contributed by atoms with Gasteiger partial charge in [-0.05, 0) is 61.7 Å². The molecule has 5 rings (SSSR count). The molecule has 0 aliphatic carbocycles. The molecule has 190 valence electrons. The predicted molar refractivity (Wildman–Crippen MR) is 145 cm³/mol. The fourth-order valence-electron chi connectivity index (χ4n) is 4.16. The lowest BCUT2D eigenvalue weighted by molar-refractivity contribution is -0.125. The van der Waals surface area contributed by atoms with Crippen molar-refractivity contribution in [3.8, 4) is 16.6 Å². The van der Waals surface area contributed by atoms with Gasteiger partial charge in [0.2, 0.25) is 5.95 Å². The molecular weight excluding hydrogens is 502 g/mol. The second-order valence-corrected chi connectivity index (χ2v) is 10.2. The number of amides is 4. The van der Waals surface area contributed by atoms with Crippen molar-refractivity contribution in [3.05, 3.63) is 71.9 Å². The van der Waals surface area contributed by atoms with E-state index in [1.165, 1.54) is 4.90 Å². The molecule has 0 spiro atoms. The Morgan fingerprint density at radius 2 is 1.97 bits per heavy atom. The van der Waals surface area contributed by atoms with Crippen molar-refractivity contribution >= 4 is 50.9 Å². The molecule has 38 heavy (non-hydrogen) atoms. The van der Waals surface area contributed by atoms with Crippen LogP contribution in [0.3, 0.4) is 0 Å². The van der Waals surface area contributed by atoms with Crippen LogP contribution in [0.15, 0.2) is 60.8 Å². The van der Waals surface area contributed by atoms with Crippen LogP contribution in [-0.4, -0.2) is 51.3 Å². The molecule has 1 saturated heterocycles. The van der Waals surface area contributed by atoms with Gasteiger partial charge in [0.25, 0.3) is 11.8 Å². The van der Waals surface area contributed by atoms with E-state index in [1.54, 1.807) is 55.6 Å². The molecule has 0 unspecified atom stereocenters. The minimum absolute atomic E-state index is 0.314. The first-order chi connectivity index (χ1) is 18.3. The van der Waals surface area contributed by atoms with Gasteiger partial charge in [-0.2, -0.15) is 5.26 Å². The summed E-state index contributed by atoms with van der Waals surface area (Å²) in [6, 6.07) is 17.7. The Morgan fingerprint density at radius 3 is 2.74 bits per heavy atom. The summed E-state index contributed by atoms with van der Waals surface area (Å²) in [4.78, 5) is 48.0. The summed E-state index contributed by atoms with van der Waals surface area (Å²) >= 11 is 1.56. The highest BCUT2D eigenvalue weighted by molar-refractivity contribution is 7.22. The van der Waals surface area contributed by atoms with Gasteiger partial charge >= 0.3 is 6.03 Å². The average Bonchev–Trinajstić information content (AvgIpc) is 3.42. The van der Waals surface area contributed by atoms with Crippen molar-refractivity contribution in [1.29, 1.82) is 5.26 Å². The maximum Gasteiger partial charge on any atom is 0.325 e. The Kier molecular flexibility index (Phi) is 6.48. The summed E-state index contributed by atoms with van der Waals surface area (Å²) < 4.78 is 1.02. The molecule has 1 aliphatic rings. The number of urea groups is 1. The lowest BCUT2D eigenvalue weighted by Gasteiger charge is -2.27. The topological polar surface area (TPSA) is 140 Å². The smallest absolute Gasteiger partial charge is 0.325 e. The lowest BCUT2D eigenvalue weighted by Crippen LogP contribution is -2.46. The Bertz CT molecular complexity index is 1620. The zero-order valence-electron chi connectivity index (χ0n) is 20.6. The molecule has 2 aromatic carbocycles. The second kappa shape index (κ2) is 9.91. The van der Waals surface area contributed by atoms with E-state index in [4.69, 9.17) is 0 Å². The van der Waals surface area contributed by atoms with E-state index in [0.717, 1.165) is 20.7 Å². The normalized spacial score (nSPS) is 14.3. The summed E-state index contributed by atoms with van der Waals surface area (Å²) in [5.74, 6) is -0.254. The third kappa shape index (κ3) is 4.77. The number of nitrogens with zero attached hydrogens (tertiary/aromatic N) is 4. The van der Waals surface area contributed by atoms with E-state index in [-0.39, 0.29) is 11.8 Å². The molecular formula is C27H23N7O3S. The summed E-state index contributed by atoms with van der Waals surface area (Å²) in [6.07, 6.45) is 1.66. The van der Waals surface area contributed by atoms with Gasteiger partial charge in [0, 0.05) is 29.7 Å². The van der Waals surface area contributed by atoms with Gasteiger partial charge in [-0.15, -0.1) is 11.3 Å². The highest BCUT2D eigenvalue weighted by Gasteiger charge is 2.45. The molecule has 0 saturated carbocycles. The Balaban J connectivity index is 1.28. The molecule has 0 atom stereocenters. The molecule has 1 aliphatic heterocycles. The number of imide groups is 1. The van der Waals surface area contributed by atoms with Crippen LogP contribution in [0.5, 0.6) is 0 Å². The van der Waals surface area contributed by atoms with Crippen molar-refractivity contribution < 1.29 is 14.4 Å². The SMILES string of the molecule is CC1(C)C(=O)NC(=O)N1CCNc1nccc(-c2cc3cc(NC(=O)c4ccccc4C#N)ccc3s2)n1. The summed E-state index contributed by atoms with van der Waals surface area (Å²) in [7, 11) is 0. The van der Waals surface area contributed by atoms with Gasteiger partial charge in [-0.3, -0.25) is 14.9 Å². The highest BCUT2D eigenvalue weighted by atomic mass is 32.1. The van der Waals surface area contributed by atoms with Crippen LogP contribution in [0.1, 0.15) is 29.8 Å². The van der Waals surface area contributed by atoms with Crippen LogP contribution in [0.2, 0.25) is 0 Å². The second-order valence-electron chi connectivity index (χ2n) is 9.14. The van der Waals surface area contributed by atoms with Crippen LogP contribution in [0.25, 0.3) is 20.7 Å². The van der Waals surface area contributed by atoms with E-state index >= 15 is 0 Å². The van der Waals surface area contributed by atoms with Crippen LogP contribution >= 0.6 is 11.3 Å². The Morgan fingerprint density at radius 1 is 1.16 bits per heavy atom. The van der Waals surface area contributed by atoms with Gasteiger partial charge in [-0.1, -0.05) is 12.1 Å². The van der Waals surface area contributed by atoms with E-state index < -0.39 is 11.6 Å². The average molecular weight is 526 g/mol. The Labute approximate surface area is 222 Å². The number of anilines is 2. The summed E-state index contributed by atoms with van der Waals surface area (Å²) in [6.45, 7) is 4.09. The first-order valence-corrected chi connectivity index (χ1v) is 12.6. The van der Waals surface area contributed by atoms with E-state index in [9.17, 15) is 19.6 Å². The van der Waals surface area contributed by atoms with Crippen LogP contribution in [0.4, 0.5) is 16.4 Å². The van der Waals surface area contributed by atoms with Gasteiger partial charge < -0.3 is 15.5 Å². The number of nitriles is 1. The number of fused-ring (bicyclic) bond motifs is 1. The molecule has 3 heterocycles. The minimum atomic E-state index is -0.907.